The Hall–Kier alpha value is -2.27. The van der Waals surface area contributed by atoms with Gasteiger partial charge in [-0.2, -0.15) is 12.6 Å². The second-order valence-electron chi connectivity index (χ2n) is 4.52. The Bertz CT molecular complexity index is 626. The molecule has 0 spiro atoms. The van der Waals surface area contributed by atoms with Gasteiger partial charge in [-0.3, -0.25) is 4.79 Å². The van der Waals surface area contributed by atoms with E-state index in [4.69, 9.17) is 5.11 Å². The summed E-state index contributed by atoms with van der Waals surface area (Å²) in [5, 5.41) is 11.6. The molecule has 0 aliphatic rings. The number of carboxylic acid groups (broad SMARTS) is 1. The van der Waals surface area contributed by atoms with E-state index < -0.39 is 5.97 Å². The van der Waals surface area contributed by atoms with Gasteiger partial charge in [0, 0.05) is 11.4 Å². The highest BCUT2D eigenvalue weighted by Gasteiger charge is 2.19. The monoisotopic (exact) mass is 301 g/mol. The number of carboxylic acids is 1. The molecule has 0 heterocycles. The fourth-order valence-corrected chi connectivity index (χ4v) is 2.33. The number of rotatable bonds is 5. The van der Waals surface area contributed by atoms with Gasteiger partial charge in [-0.05, 0) is 29.8 Å². The van der Waals surface area contributed by atoms with Crippen molar-refractivity contribution in [3.63, 3.8) is 0 Å². The second kappa shape index (κ2) is 6.95. The Balaban J connectivity index is 2.11. The van der Waals surface area contributed by atoms with E-state index in [1.54, 1.807) is 12.1 Å². The largest absolute Gasteiger partial charge is 0.478 e. The second-order valence-corrected chi connectivity index (χ2v) is 4.88. The summed E-state index contributed by atoms with van der Waals surface area (Å²) in [7, 11) is 0. The van der Waals surface area contributed by atoms with Gasteiger partial charge >= 0.3 is 5.97 Å². The predicted octanol–water partition coefficient (Wildman–Crippen LogP) is 3.04. The van der Waals surface area contributed by atoms with E-state index in [1.807, 2.05) is 30.3 Å². The fourth-order valence-electron chi connectivity index (χ4n) is 1.95. The SMILES string of the molecule is O=C(O)c1ccc(NC(=O)C(CS)c2ccccc2)cc1. The molecule has 2 N–H and O–H groups in total. The van der Waals surface area contributed by atoms with Crippen molar-refractivity contribution in [2.24, 2.45) is 0 Å². The standard InChI is InChI=1S/C16H15NO3S/c18-15(14(10-21)11-4-2-1-3-5-11)17-13-8-6-12(7-9-13)16(19)20/h1-9,14,21H,10H2,(H,17,18)(H,19,20). The lowest BCUT2D eigenvalue weighted by atomic mass is 10.00. The molecule has 0 saturated carbocycles. The molecule has 2 rings (SSSR count). The minimum atomic E-state index is -0.995. The van der Waals surface area contributed by atoms with Crippen molar-refractivity contribution in [1.29, 1.82) is 0 Å². The van der Waals surface area contributed by atoms with Crippen LogP contribution in [-0.4, -0.2) is 22.7 Å². The van der Waals surface area contributed by atoms with E-state index in [9.17, 15) is 9.59 Å². The van der Waals surface area contributed by atoms with Gasteiger partial charge in [-0.25, -0.2) is 4.79 Å². The summed E-state index contributed by atoms with van der Waals surface area (Å²) >= 11 is 4.24. The van der Waals surface area contributed by atoms with Crippen LogP contribution in [0.15, 0.2) is 54.6 Å². The normalized spacial score (nSPS) is 11.7. The van der Waals surface area contributed by atoms with E-state index >= 15 is 0 Å². The molecular formula is C16H15NO3S. The molecule has 0 fully saturated rings. The van der Waals surface area contributed by atoms with Crippen LogP contribution in [0.3, 0.4) is 0 Å². The molecule has 0 aromatic heterocycles. The molecule has 0 aliphatic heterocycles. The third kappa shape index (κ3) is 3.86. The van der Waals surface area contributed by atoms with Crippen LogP contribution in [0, 0.1) is 0 Å². The summed E-state index contributed by atoms with van der Waals surface area (Å²) in [4.78, 5) is 23.1. The molecule has 108 valence electrons. The number of anilines is 1. The summed E-state index contributed by atoms with van der Waals surface area (Å²) in [6, 6.07) is 15.5. The molecule has 0 bridgehead atoms. The van der Waals surface area contributed by atoms with Crippen molar-refractivity contribution >= 4 is 30.2 Å². The van der Waals surface area contributed by atoms with E-state index in [2.05, 4.69) is 17.9 Å². The minimum Gasteiger partial charge on any atom is -0.478 e. The van der Waals surface area contributed by atoms with Gasteiger partial charge in [0.2, 0.25) is 5.91 Å². The van der Waals surface area contributed by atoms with Crippen molar-refractivity contribution in [2.75, 3.05) is 11.1 Å². The average molecular weight is 301 g/mol. The molecule has 21 heavy (non-hydrogen) atoms. The number of benzene rings is 2. The van der Waals surface area contributed by atoms with Gasteiger partial charge in [0.25, 0.3) is 0 Å². The van der Waals surface area contributed by atoms with E-state index in [0.717, 1.165) is 5.56 Å². The fraction of sp³-hybridized carbons (Fsp3) is 0.125. The summed E-state index contributed by atoms with van der Waals surface area (Å²) in [5.74, 6) is -1.12. The number of thiol groups is 1. The Morgan fingerprint density at radius 2 is 1.67 bits per heavy atom. The molecule has 0 aliphatic carbocycles. The van der Waals surface area contributed by atoms with Crippen molar-refractivity contribution < 1.29 is 14.7 Å². The van der Waals surface area contributed by atoms with Gasteiger partial charge in [-0.1, -0.05) is 30.3 Å². The van der Waals surface area contributed by atoms with Crippen LogP contribution < -0.4 is 5.32 Å². The number of hydrogen-bond donors (Lipinski definition) is 3. The molecule has 5 heteroatoms. The van der Waals surface area contributed by atoms with Gasteiger partial charge in [0.15, 0.2) is 0 Å². The first-order valence-corrected chi connectivity index (χ1v) is 7.05. The first kappa shape index (κ1) is 15.1. The van der Waals surface area contributed by atoms with Gasteiger partial charge < -0.3 is 10.4 Å². The Labute approximate surface area is 128 Å². The van der Waals surface area contributed by atoms with Crippen molar-refractivity contribution in [3.8, 4) is 0 Å². The minimum absolute atomic E-state index is 0.167. The van der Waals surface area contributed by atoms with Crippen LogP contribution in [0.2, 0.25) is 0 Å². The number of hydrogen-bond acceptors (Lipinski definition) is 3. The first-order chi connectivity index (χ1) is 10.1. The molecule has 2 aromatic rings. The molecular weight excluding hydrogens is 286 g/mol. The number of nitrogens with one attached hydrogen (secondary N) is 1. The van der Waals surface area contributed by atoms with Crippen molar-refractivity contribution in [2.45, 2.75) is 5.92 Å². The summed E-state index contributed by atoms with van der Waals surface area (Å²) in [6.07, 6.45) is 0. The molecule has 1 amide bonds. The predicted molar refractivity (Wildman–Crippen MR) is 85.1 cm³/mol. The number of carbonyl (C=O) groups is 2. The maximum Gasteiger partial charge on any atom is 0.335 e. The zero-order valence-electron chi connectivity index (χ0n) is 11.2. The molecule has 1 atom stereocenters. The quantitative estimate of drug-likeness (QED) is 0.744. The lowest BCUT2D eigenvalue weighted by molar-refractivity contribution is -0.117. The Kier molecular flexibility index (Phi) is 5.00. The molecule has 1 unspecified atom stereocenters. The lowest BCUT2D eigenvalue weighted by Crippen LogP contribution is -2.22. The average Bonchev–Trinajstić information content (AvgIpc) is 2.49. The van der Waals surface area contributed by atoms with Gasteiger partial charge in [0.05, 0.1) is 11.5 Å². The van der Waals surface area contributed by atoms with Gasteiger partial charge in [0.1, 0.15) is 0 Å². The zero-order chi connectivity index (χ0) is 15.2. The molecule has 4 nitrogen and oxygen atoms in total. The van der Waals surface area contributed by atoms with Crippen LogP contribution in [0.4, 0.5) is 5.69 Å². The van der Waals surface area contributed by atoms with E-state index in [0.29, 0.717) is 11.4 Å². The maximum atomic E-state index is 12.3. The van der Waals surface area contributed by atoms with Crippen molar-refractivity contribution in [3.05, 3.63) is 65.7 Å². The van der Waals surface area contributed by atoms with E-state index in [1.165, 1.54) is 12.1 Å². The Morgan fingerprint density at radius 1 is 1.05 bits per heavy atom. The van der Waals surface area contributed by atoms with Gasteiger partial charge in [-0.15, -0.1) is 0 Å². The summed E-state index contributed by atoms with van der Waals surface area (Å²) in [5.41, 5.74) is 1.64. The smallest absolute Gasteiger partial charge is 0.335 e. The first-order valence-electron chi connectivity index (χ1n) is 6.42. The van der Waals surface area contributed by atoms with Crippen LogP contribution in [0.5, 0.6) is 0 Å². The van der Waals surface area contributed by atoms with E-state index in [-0.39, 0.29) is 17.4 Å². The third-order valence-electron chi connectivity index (χ3n) is 3.10. The zero-order valence-corrected chi connectivity index (χ0v) is 12.1. The number of aromatic carboxylic acids is 1. The molecule has 0 saturated heterocycles. The van der Waals surface area contributed by atoms with Crippen LogP contribution >= 0.6 is 12.6 Å². The summed E-state index contributed by atoms with van der Waals surface area (Å²) in [6.45, 7) is 0. The third-order valence-corrected chi connectivity index (χ3v) is 3.47. The topological polar surface area (TPSA) is 66.4 Å². The highest BCUT2D eigenvalue weighted by Crippen LogP contribution is 2.20. The van der Waals surface area contributed by atoms with Crippen LogP contribution in [0.1, 0.15) is 21.8 Å². The van der Waals surface area contributed by atoms with Crippen LogP contribution in [-0.2, 0) is 4.79 Å². The number of amides is 1. The Morgan fingerprint density at radius 3 is 2.19 bits per heavy atom. The maximum absolute atomic E-state index is 12.3. The highest BCUT2D eigenvalue weighted by molar-refractivity contribution is 7.80. The lowest BCUT2D eigenvalue weighted by Gasteiger charge is -2.15. The number of carbonyl (C=O) groups excluding carboxylic acids is 1. The van der Waals surface area contributed by atoms with Crippen LogP contribution in [0.25, 0.3) is 0 Å². The van der Waals surface area contributed by atoms with Crippen molar-refractivity contribution in [1.82, 2.24) is 0 Å². The molecule has 0 radical (unpaired) electrons. The highest BCUT2D eigenvalue weighted by atomic mass is 32.1. The molecule has 2 aromatic carbocycles. The summed E-state index contributed by atoms with van der Waals surface area (Å²) < 4.78 is 0.